The first-order valence-electron chi connectivity index (χ1n) is 7.03. The Bertz CT molecular complexity index is 906. The molecule has 0 aliphatic rings. The number of pyridine rings is 1. The molecule has 0 bridgehead atoms. The Balaban J connectivity index is 1.59. The van der Waals surface area contributed by atoms with Crippen molar-refractivity contribution in [3.63, 3.8) is 0 Å². The van der Waals surface area contributed by atoms with Crippen LogP contribution in [0.5, 0.6) is 0 Å². The highest BCUT2D eigenvalue weighted by Crippen LogP contribution is 2.25. The maximum atomic E-state index is 12.0. The van der Waals surface area contributed by atoms with Crippen LogP contribution in [-0.2, 0) is 4.79 Å². The van der Waals surface area contributed by atoms with E-state index in [0.717, 1.165) is 11.3 Å². The fourth-order valence-electron chi connectivity index (χ4n) is 1.99. The number of benzene rings is 1. The van der Waals surface area contributed by atoms with E-state index in [1.165, 1.54) is 29.2 Å². The number of nitrogens with one attached hydrogen (secondary N) is 2. The van der Waals surface area contributed by atoms with Crippen molar-refractivity contribution in [1.29, 1.82) is 0 Å². The molecule has 24 heavy (non-hydrogen) atoms. The van der Waals surface area contributed by atoms with Gasteiger partial charge in [0.15, 0.2) is 5.13 Å². The molecule has 0 radical (unpaired) electrons. The number of H-pyrrole nitrogens is 1. The molecule has 0 atom stereocenters. The van der Waals surface area contributed by atoms with Gasteiger partial charge >= 0.3 is 0 Å². The number of nitrogen functional groups attached to an aromatic ring is 1. The zero-order chi connectivity index (χ0) is 16.9. The minimum Gasteiger partial charge on any atom is -0.398 e. The molecule has 2 heterocycles. The SMILES string of the molecule is Nc1cc(SCC(=O)Nc2nc(-c3ccccc3)cs2)[nH]c(=O)c1. The molecule has 122 valence electrons. The van der Waals surface area contributed by atoms with Crippen LogP contribution in [0, 0.1) is 0 Å². The van der Waals surface area contributed by atoms with Gasteiger partial charge in [-0.05, 0) is 6.07 Å². The third-order valence-corrected chi connectivity index (χ3v) is 4.72. The lowest BCUT2D eigenvalue weighted by molar-refractivity contribution is -0.113. The number of carbonyl (C=O) groups is 1. The first kappa shape index (κ1) is 16.3. The van der Waals surface area contributed by atoms with E-state index in [4.69, 9.17) is 5.73 Å². The number of anilines is 2. The number of nitrogens with zero attached hydrogens (tertiary/aromatic N) is 1. The number of thiazole rings is 1. The van der Waals surface area contributed by atoms with Crippen LogP contribution in [0.15, 0.2) is 57.7 Å². The number of carbonyl (C=O) groups excluding carboxylic acids is 1. The summed E-state index contributed by atoms with van der Waals surface area (Å²) in [4.78, 5) is 30.4. The number of hydrogen-bond donors (Lipinski definition) is 3. The van der Waals surface area contributed by atoms with Gasteiger partial charge in [-0.3, -0.25) is 9.59 Å². The molecule has 0 aliphatic carbocycles. The highest BCUT2D eigenvalue weighted by Gasteiger charge is 2.09. The zero-order valence-electron chi connectivity index (χ0n) is 12.5. The van der Waals surface area contributed by atoms with Crippen molar-refractivity contribution in [3.8, 4) is 11.3 Å². The van der Waals surface area contributed by atoms with E-state index in [1.807, 2.05) is 35.7 Å². The molecule has 0 aliphatic heterocycles. The highest BCUT2D eigenvalue weighted by molar-refractivity contribution is 7.99. The summed E-state index contributed by atoms with van der Waals surface area (Å²) in [6.45, 7) is 0. The van der Waals surface area contributed by atoms with E-state index < -0.39 is 0 Å². The summed E-state index contributed by atoms with van der Waals surface area (Å²) in [5, 5.41) is 5.75. The van der Waals surface area contributed by atoms with E-state index in [0.29, 0.717) is 15.8 Å². The normalized spacial score (nSPS) is 10.5. The number of rotatable bonds is 5. The molecule has 1 amide bonds. The van der Waals surface area contributed by atoms with Gasteiger partial charge in [-0.25, -0.2) is 4.98 Å². The number of aromatic amines is 1. The smallest absolute Gasteiger partial charge is 0.250 e. The van der Waals surface area contributed by atoms with E-state index >= 15 is 0 Å². The van der Waals surface area contributed by atoms with Crippen LogP contribution >= 0.6 is 23.1 Å². The van der Waals surface area contributed by atoms with E-state index in [9.17, 15) is 9.59 Å². The Labute approximate surface area is 146 Å². The summed E-state index contributed by atoms with van der Waals surface area (Å²) in [5.41, 5.74) is 7.51. The second-order valence-corrected chi connectivity index (χ2v) is 6.76. The summed E-state index contributed by atoms with van der Waals surface area (Å²) in [6.07, 6.45) is 0. The molecule has 3 aromatic rings. The van der Waals surface area contributed by atoms with E-state index in [2.05, 4.69) is 15.3 Å². The maximum absolute atomic E-state index is 12.0. The van der Waals surface area contributed by atoms with Gasteiger partial charge in [0, 0.05) is 22.7 Å². The minimum atomic E-state index is -0.287. The lowest BCUT2D eigenvalue weighted by Crippen LogP contribution is -2.14. The molecule has 0 spiro atoms. The van der Waals surface area contributed by atoms with Crippen LogP contribution in [-0.4, -0.2) is 21.6 Å². The summed E-state index contributed by atoms with van der Waals surface area (Å²) >= 11 is 2.58. The Hall–Kier alpha value is -2.58. The molecule has 0 saturated carbocycles. The maximum Gasteiger partial charge on any atom is 0.250 e. The Morgan fingerprint density at radius 2 is 2.08 bits per heavy atom. The standard InChI is InChI=1S/C16H14N4O2S2/c17-11-6-13(21)19-15(7-11)23-9-14(22)20-16-18-12(8-24-16)10-4-2-1-3-5-10/h1-8H,9H2,(H3,17,19,21)(H,18,20,22). The van der Waals surface area contributed by atoms with Gasteiger partial charge in [0.25, 0.3) is 5.56 Å². The fraction of sp³-hybridized carbons (Fsp3) is 0.0625. The van der Waals surface area contributed by atoms with Gasteiger partial charge in [-0.2, -0.15) is 0 Å². The average molecular weight is 358 g/mol. The van der Waals surface area contributed by atoms with Gasteiger partial charge in [0.05, 0.1) is 16.5 Å². The zero-order valence-corrected chi connectivity index (χ0v) is 14.1. The third kappa shape index (κ3) is 4.24. The molecular formula is C16H14N4O2S2. The van der Waals surface area contributed by atoms with E-state index in [-0.39, 0.29) is 17.2 Å². The van der Waals surface area contributed by atoms with Crippen molar-refractivity contribution in [2.45, 2.75) is 5.03 Å². The molecule has 2 aromatic heterocycles. The number of aromatic nitrogens is 2. The average Bonchev–Trinajstić information content (AvgIpc) is 3.01. The lowest BCUT2D eigenvalue weighted by atomic mass is 10.2. The molecule has 0 fully saturated rings. The molecule has 1 aromatic carbocycles. The molecular weight excluding hydrogens is 344 g/mol. The third-order valence-electron chi connectivity index (χ3n) is 3.02. The predicted molar refractivity (Wildman–Crippen MR) is 98.4 cm³/mol. The number of amides is 1. The molecule has 3 rings (SSSR count). The number of nitrogens with two attached hydrogens (primary N) is 1. The van der Waals surface area contributed by atoms with Gasteiger partial charge < -0.3 is 16.0 Å². The summed E-state index contributed by atoms with van der Waals surface area (Å²) in [5.74, 6) is -0.0446. The quantitative estimate of drug-likeness (QED) is 0.609. The van der Waals surface area contributed by atoms with Crippen LogP contribution < -0.4 is 16.6 Å². The van der Waals surface area contributed by atoms with Gasteiger partial charge in [0.2, 0.25) is 5.91 Å². The molecule has 6 nitrogen and oxygen atoms in total. The molecule has 0 unspecified atom stereocenters. The monoisotopic (exact) mass is 358 g/mol. The molecule has 4 N–H and O–H groups in total. The number of thioether (sulfide) groups is 1. The van der Waals surface area contributed by atoms with Gasteiger partial charge in [0.1, 0.15) is 0 Å². The second kappa shape index (κ2) is 7.33. The highest BCUT2D eigenvalue weighted by atomic mass is 32.2. The van der Waals surface area contributed by atoms with Crippen molar-refractivity contribution in [2.75, 3.05) is 16.8 Å². The van der Waals surface area contributed by atoms with Crippen molar-refractivity contribution in [1.82, 2.24) is 9.97 Å². The van der Waals surface area contributed by atoms with Crippen molar-refractivity contribution >= 4 is 39.8 Å². The summed E-state index contributed by atoms with van der Waals surface area (Å²) < 4.78 is 0. The second-order valence-electron chi connectivity index (χ2n) is 4.88. The van der Waals surface area contributed by atoms with Crippen molar-refractivity contribution < 1.29 is 4.79 Å². The van der Waals surface area contributed by atoms with E-state index in [1.54, 1.807) is 6.07 Å². The Morgan fingerprint density at radius 3 is 2.83 bits per heavy atom. The van der Waals surface area contributed by atoms with Crippen LogP contribution in [0.25, 0.3) is 11.3 Å². The van der Waals surface area contributed by atoms with Gasteiger partial charge in [-0.15, -0.1) is 11.3 Å². The van der Waals surface area contributed by atoms with Crippen molar-refractivity contribution in [3.05, 3.63) is 58.2 Å². The van der Waals surface area contributed by atoms with Crippen LogP contribution in [0.3, 0.4) is 0 Å². The first-order valence-corrected chi connectivity index (χ1v) is 8.90. The first-order chi connectivity index (χ1) is 11.6. The number of hydrogen-bond acceptors (Lipinski definition) is 6. The Morgan fingerprint density at radius 1 is 1.29 bits per heavy atom. The topological polar surface area (TPSA) is 101 Å². The van der Waals surface area contributed by atoms with Crippen LogP contribution in [0.4, 0.5) is 10.8 Å². The molecule has 8 heteroatoms. The summed E-state index contributed by atoms with van der Waals surface area (Å²) in [6, 6.07) is 12.7. The predicted octanol–water partition coefficient (Wildman–Crippen LogP) is 2.81. The lowest BCUT2D eigenvalue weighted by Gasteiger charge is -2.03. The Kier molecular flexibility index (Phi) is 4.97. The van der Waals surface area contributed by atoms with Crippen molar-refractivity contribution in [2.24, 2.45) is 0 Å². The fourth-order valence-corrected chi connectivity index (χ4v) is 3.47. The molecule has 0 saturated heterocycles. The largest absolute Gasteiger partial charge is 0.398 e. The van der Waals surface area contributed by atoms with Crippen LogP contribution in [0.1, 0.15) is 0 Å². The minimum absolute atomic E-state index is 0.152. The van der Waals surface area contributed by atoms with Crippen LogP contribution in [0.2, 0.25) is 0 Å². The summed E-state index contributed by atoms with van der Waals surface area (Å²) in [7, 11) is 0. The van der Waals surface area contributed by atoms with Gasteiger partial charge in [-0.1, -0.05) is 42.1 Å².